The van der Waals surface area contributed by atoms with Crippen molar-refractivity contribution in [3.05, 3.63) is 22.3 Å². The first-order valence-electron chi connectivity index (χ1n) is 5.71. The third kappa shape index (κ3) is 2.42. The number of aryl methyl sites for hydroxylation is 1. The Morgan fingerprint density at radius 1 is 1.12 bits per heavy atom. The Labute approximate surface area is 111 Å². The van der Waals surface area contributed by atoms with E-state index in [4.69, 9.17) is 9.31 Å². The van der Waals surface area contributed by atoms with E-state index in [0.717, 1.165) is 15.8 Å². The topological polar surface area (TPSA) is 31.4 Å². The molecule has 0 N–H and O–H groups in total. The van der Waals surface area contributed by atoms with E-state index < -0.39 is 7.12 Å². The van der Waals surface area contributed by atoms with Gasteiger partial charge in [0, 0.05) is 0 Å². The molecule has 0 unspecified atom stereocenters. The van der Waals surface area contributed by atoms with Crippen LogP contribution in [0.2, 0.25) is 0 Å². The monoisotopic (exact) mass is 297 g/mol. The van der Waals surface area contributed by atoms with E-state index in [1.165, 1.54) is 0 Å². The molecule has 3 nitrogen and oxygen atoms in total. The lowest BCUT2D eigenvalue weighted by atomic mass is 9.83. The highest BCUT2D eigenvalue weighted by molar-refractivity contribution is 9.10. The fraction of sp³-hybridized carbons (Fsp3) is 0.583. The SMILES string of the molecule is Cc1cc(Br)nc(B2OC(C)(C)C(C)(C)O2)c1. The number of nitrogens with zero attached hydrogens (tertiary/aromatic N) is 1. The summed E-state index contributed by atoms with van der Waals surface area (Å²) in [5, 5.41) is 0. The largest absolute Gasteiger partial charge is 0.514 e. The molecule has 0 amide bonds. The van der Waals surface area contributed by atoms with Crippen LogP contribution in [0.4, 0.5) is 0 Å². The first-order valence-corrected chi connectivity index (χ1v) is 6.50. The summed E-state index contributed by atoms with van der Waals surface area (Å²) in [4.78, 5) is 4.41. The molecule has 1 fully saturated rings. The molecule has 1 saturated heterocycles. The van der Waals surface area contributed by atoms with Crippen molar-refractivity contribution >= 4 is 28.6 Å². The maximum absolute atomic E-state index is 5.95. The quantitative estimate of drug-likeness (QED) is 0.589. The van der Waals surface area contributed by atoms with Gasteiger partial charge in [-0.05, 0) is 68.2 Å². The molecule has 2 rings (SSSR count). The molecule has 0 bridgehead atoms. The molecule has 1 aromatic rings. The Bertz CT molecular complexity index is 412. The average molecular weight is 298 g/mol. The summed E-state index contributed by atoms with van der Waals surface area (Å²) in [7, 11) is -0.392. The molecule has 1 aliphatic rings. The molecular formula is C12H17BBrNO2. The second-order valence-electron chi connectivity index (χ2n) is 5.48. The second-order valence-corrected chi connectivity index (χ2v) is 6.29. The summed E-state index contributed by atoms with van der Waals surface area (Å²) in [5.41, 5.74) is 1.30. The van der Waals surface area contributed by atoms with Crippen molar-refractivity contribution in [1.29, 1.82) is 0 Å². The minimum absolute atomic E-state index is 0.324. The Hall–Kier alpha value is -0.385. The molecule has 17 heavy (non-hydrogen) atoms. The molecule has 0 saturated carbocycles. The normalized spacial score (nSPS) is 21.9. The van der Waals surface area contributed by atoms with Crippen LogP contribution < -0.4 is 5.59 Å². The zero-order chi connectivity index (χ0) is 12.8. The van der Waals surface area contributed by atoms with Gasteiger partial charge in [0.15, 0.2) is 0 Å². The molecule has 0 aliphatic carbocycles. The van der Waals surface area contributed by atoms with E-state index in [0.29, 0.717) is 0 Å². The standard InChI is InChI=1S/C12H17BBrNO2/c1-8-6-9(15-10(14)7-8)13-16-11(2,3)12(4,5)17-13/h6-7H,1-5H3. The first kappa shape index (κ1) is 13.1. The number of rotatable bonds is 1. The van der Waals surface area contributed by atoms with E-state index >= 15 is 0 Å². The van der Waals surface area contributed by atoms with Crippen molar-refractivity contribution in [3.8, 4) is 0 Å². The van der Waals surface area contributed by atoms with Crippen molar-refractivity contribution in [2.75, 3.05) is 0 Å². The van der Waals surface area contributed by atoms with Crippen molar-refractivity contribution < 1.29 is 9.31 Å². The van der Waals surface area contributed by atoms with Crippen LogP contribution in [-0.2, 0) is 9.31 Å². The second kappa shape index (κ2) is 4.07. The smallest absolute Gasteiger partial charge is 0.398 e. The van der Waals surface area contributed by atoms with Crippen LogP contribution in [0.3, 0.4) is 0 Å². The maximum atomic E-state index is 5.95. The van der Waals surface area contributed by atoms with Crippen LogP contribution in [-0.4, -0.2) is 23.3 Å². The predicted molar refractivity (Wildman–Crippen MR) is 72.4 cm³/mol. The summed E-state index contributed by atoms with van der Waals surface area (Å²) in [6.45, 7) is 10.2. The fourth-order valence-electron chi connectivity index (χ4n) is 1.74. The van der Waals surface area contributed by atoms with Crippen molar-refractivity contribution in [3.63, 3.8) is 0 Å². The van der Waals surface area contributed by atoms with Crippen molar-refractivity contribution in [1.82, 2.24) is 4.98 Å². The van der Waals surface area contributed by atoms with Gasteiger partial charge in [-0.3, -0.25) is 0 Å². The number of aromatic nitrogens is 1. The van der Waals surface area contributed by atoms with Gasteiger partial charge in [-0.15, -0.1) is 0 Å². The van der Waals surface area contributed by atoms with E-state index in [1.54, 1.807) is 0 Å². The molecule has 0 aromatic carbocycles. The van der Waals surface area contributed by atoms with E-state index in [1.807, 2.05) is 46.8 Å². The van der Waals surface area contributed by atoms with Gasteiger partial charge in [-0.1, -0.05) is 0 Å². The predicted octanol–water partition coefficient (Wildman–Crippen LogP) is 2.45. The Balaban J connectivity index is 2.32. The van der Waals surface area contributed by atoms with E-state index in [9.17, 15) is 0 Å². The van der Waals surface area contributed by atoms with Crippen LogP contribution in [0.1, 0.15) is 33.3 Å². The average Bonchev–Trinajstić information content (AvgIpc) is 2.34. The Morgan fingerprint density at radius 2 is 1.65 bits per heavy atom. The van der Waals surface area contributed by atoms with E-state index in [-0.39, 0.29) is 11.2 Å². The summed E-state index contributed by atoms with van der Waals surface area (Å²) in [6.07, 6.45) is 0. The van der Waals surface area contributed by atoms with Gasteiger partial charge < -0.3 is 9.31 Å². The van der Waals surface area contributed by atoms with Crippen LogP contribution >= 0.6 is 15.9 Å². The third-order valence-electron chi connectivity index (χ3n) is 3.45. The Morgan fingerprint density at radius 3 is 2.12 bits per heavy atom. The number of hydrogen-bond acceptors (Lipinski definition) is 3. The molecule has 92 valence electrons. The van der Waals surface area contributed by atoms with Crippen LogP contribution in [0, 0.1) is 6.92 Å². The highest BCUT2D eigenvalue weighted by Gasteiger charge is 2.52. The van der Waals surface area contributed by atoms with Gasteiger partial charge in [-0.2, -0.15) is 0 Å². The summed E-state index contributed by atoms with van der Waals surface area (Å²) < 4.78 is 12.7. The molecule has 2 heterocycles. The van der Waals surface area contributed by atoms with Crippen molar-refractivity contribution in [2.24, 2.45) is 0 Å². The number of hydrogen-bond donors (Lipinski definition) is 0. The molecule has 1 aromatic heterocycles. The lowest BCUT2D eigenvalue weighted by molar-refractivity contribution is 0.00578. The zero-order valence-corrected chi connectivity index (χ0v) is 12.5. The van der Waals surface area contributed by atoms with Gasteiger partial charge >= 0.3 is 7.12 Å². The van der Waals surface area contributed by atoms with Gasteiger partial charge in [0.1, 0.15) is 4.60 Å². The van der Waals surface area contributed by atoms with Gasteiger partial charge in [0.2, 0.25) is 0 Å². The minimum Gasteiger partial charge on any atom is -0.398 e. The summed E-state index contributed by atoms with van der Waals surface area (Å²) >= 11 is 3.39. The molecule has 0 spiro atoms. The first-order chi connectivity index (χ1) is 7.71. The van der Waals surface area contributed by atoms with E-state index in [2.05, 4.69) is 20.9 Å². The van der Waals surface area contributed by atoms with Gasteiger partial charge in [0.25, 0.3) is 0 Å². The molecule has 0 atom stereocenters. The van der Waals surface area contributed by atoms with Crippen LogP contribution in [0.15, 0.2) is 16.7 Å². The molecular weight excluding hydrogens is 281 g/mol. The maximum Gasteiger partial charge on any atom is 0.514 e. The summed E-state index contributed by atoms with van der Waals surface area (Å²) in [6, 6.07) is 3.96. The van der Waals surface area contributed by atoms with Crippen molar-refractivity contribution in [2.45, 2.75) is 45.8 Å². The number of halogens is 1. The van der Waals surface area contributed by atoms with Gasteiger partial charge in [0.05, 0.1) is 16.8 Å². The molecule has 1 aliphatic heterocycles. The Kier molecular flexibility index (Phi) is 3.13. The molecule has 0 radical (unpaired) electrons. The van der Waals surface area contributed by atoms with Crippen LogP contribution in [0.5, 0.6) is 0 Å². The third-order valence-corrected chi connectivity index (χ3v) is 3.86. The lowest BCUT2D eigenvalue weighted by Crippen LogP contribution is -2.41. The molecule has 5 heteroatoms. The minimum atomic E-state index is -0.392. The number of pyridine rings is 1. The summed E-state index contributed by atoms with van der Waals surface area (Å²) in [5.74, 6) is 0. The van der Waals surface area contributed by atoms with Gasteiger partial charge in [-0.25, -0.2) is 4.98 Å². The zero-order valence-electron chi connectivity index (χ0n) is 10.9. The fourth-order valence-corrected chi connectivity index (χ4v) is 2.30. The highest BCUT2D eigenvalue weighted by Crippen LogP contribution is 2.36. The van der Waals surface area contributed by atoms with Crippen LogP contribution in [0.25, 0.3) is 0 Å². The highest BCUT2D eigenvalue weighted by atomic mass is 79.9. The lowest BCUT2D eigenvalue weighted by Gasteiger charge is -2.32.